The lowest BCUT2D eigenvalue weighted by Crippen LogP contribution is -1.89. The predicted molar refractivity (Wildman–Crippen MR) is 114 cm³/mol. The molecule has 0 heterocycles. The zero-order valence-corrected chi connectivity index (χ0v) is 16.2. The van der Waals surface area contributed by atoms with Gasteiger partial charge in [-0.05, 0) is 80.6 Å². The Morgan fingerprint density at radius 3 is 2.21 bits per heavy atom. The monoisotopic (exact) mass is 387 g/mol. The van der Waals surface area contributed by atoms with E-state index in [2.05, 4.69) is 15.2 Å². The first kappa shape index (κ1) is 19.9. The van der Waals surface area contributed by atoms with Crippen LogP contribution in [0, 0.1) is 0 Å². The minimum atomic E-state index is 0.00349. The summed E-state index contributed by atoms with van der Waals surface area (Å²) in [4.78, 5) is 15.7. The van der Waals surface area contributed by atoms with Gasteiger partial charge < -0.3 is 9.84 Å². The molecule has 0 aliphatic rings. The van der Waals surface area contributed by atoms with E-state index in [0.29, 0.717) is 34.8 Å². The number of nitrogens with zero attached hydrogens (tertiary/aromatic N) is 3. The molecule has 0 aliphatic carbocycles. The molecule has 3 aromatic carbocycles. The van der Waals surface area contributed by atoms with Crippen molar-refractivity contribution >= 4 is 29.1 Å². The van der Waals surface area contributed by atoms with Gasteiger partial charge in [-0.25, -0.2) is 0 Å². The molecular weight excluding hydrogens is 366 g/mol. The van der Waals surface area contributed by atoms with Gasteiger partial charge in [0.05, 0.1) is 23.7 Å². The van der Waals surface area contributed by atoms with Crippen LogP contribution in [-0.4, -0.2) is 23.7 Å². The maximum Gasteiger partial charge on any atom is 0.159 e. The molecule has 0 saturated carbocycles. The summed E-state index contributed by atoms with van der Waals surface area (Å²) < 4.78 is 5.40. The number of aromatic hydroxyl groups is 1. The standard InChI is InChI=1S/C23H21N3O3/c1-3-29-22-11-8-20(9-12-22)25-26-21-10-13-23(28)18(14-21)15-24-19-6-4-17(5-7-19)16(2)27/h4-15,28H,3H2,1-2H3. The molecule has 6 heteroatoms. The third kappa shape index (κ3) is 5.59. The van der Waals surface area contributed by atoms with E-state index in [-0.39, 0.29) is 11.5 Å². The van der Waals surface area contributed by atoms with Crippen molar-refractivity contribution in [3.8, 4) is 11.5 Å². The predicted octanol–water partition coefficient (Wildman–Crippen LogP) is 6.16. The summed E-state index contributed by atoms with van der Waals surface area (Å²) in [6, 6.07) is 19.2. The van der Waals surface area contributed by atoms with Gasteiger partial charge >= 0.3 is 0 Å². The molecule has 29 heavy (non-hydrogen) atoms. The minimum Gasteiger partial charge on any atom is -0.507 e. The number of ether oxygens (including phenoxy) is 1. The van der Waals surface area contributed by atoms with Crippen molar-refractivity contribution in [1.29, 1.82) is 0 Å². The number of Topliss-reactive ketones (excluding diaryl/α,β-unsaturated/α-hetero) is 1. The van der Waals surface area contributed by atoms with Crippen LogP contribution in [0.4, 0.5) is 17.1 Å². The molecule has 3 rings (SSSR count). The fraction of sp³-hybridized carbons (Fsp3) is 0.130. The summed E-state index contributed by atoms with van der Waals surface area (Å²) in [5, 5.41) is 18.5. The molecule has 0 unspecified atom stereocenters. The van der Waals surface area contributed by atoms with Crippen LogP contribution in [0.25, 0.3) is 0 Å². The van der Waals surface area contributed by atoms with Crippen LogP contribution in [-0.2, 0) is 0 Å². The molecule has 0 atom stereocenters. The zero-order chi connectivity index (χ0) is 20.6. The van der Waals surface area contributed by atoms with Crippen molar-refractivity contribution in [3.63, 3.8) is 0 Å². The van der Waals surface area contributed by atoms with Crippen LogP contribution in [0.2, 0.25) is 0 Å². The minimum absolute atomic E-state index is 0.00349. The van der Waals surface area contributed by atoms with Crippen molar-refractivity contribution in [2.75, 3.05) is 6.61 Å². The summed E-state index contributed by atoms with van der Waals surface area (Å²) in [7, 11) is 0. The third-order valence-electron chi connectivity index (χ3n) is 4.07. The third-order valence-corrected chi connectivity index (χ3v) is 4.07. The van der Waals surface area contributed by atoms with Crippen molar-refractivity contribution in [2.45, 2.75) is 13.8 Å². The fourth-order valence-electron chi connectivity index (χ4n) is 2.52. The summed E-state index contributed by atoms with van der Waals surface area (Å²) in [6.45, 7) is 4.06. The van der Waals surface area contributed by atoms with Gasteiger partial charge in [0, 0.05) is 17.3 Å². The summed E-state index contributed by atoms with van der Waals surface area (Å²) in [6.07, 6.45) is 1.55. The topological polar surface area (TPSA) is 83.6 Å². The lowest BCUT2D eigenvalue weighted by atomic mass is 10.1. The van der Waals surface area contributed by atoms with Crippen LogP contribution >= 0.6 is 0 Å². The Balaban J connectivity index is 1.74. The summed E-state index contributed by atoms with van der Waals surface area (Å²) in [5.41, 5.74) is 3.11. The van der Waals surface area contributed by atoms with Crippen molar-refractivity contribution in [3.05, 3.63) is 77.9 Å². The smallest absolute Gasteiger partial charge is 0.159 e. The van der Waals surface area contributed by atoms with Gasteiger partial charge in [-0.2, -0.15) is 10.2 Å². The largest absolute Gasteiger partial charge is 0.507 e. The highest BCUT2D eigenvalue weighted by Gasteiger charge is 2.02. The molecule has 6 nitrogen and oxygen atoms in total. The quantitative estimate of drug-likeness (QED) is 0.299. The van der Waals surface area contributed by atoms with E-state index in [0.717, 1.165) is 5.75 Å². The number of azo groups is 1. The van der Waals surface area contributed by atoms with Crippen molar-refractivity contribution in [1.82, 2.24) is 0 Å². The summed E-state index contributed by atoms with van der Waals surface area (Å²) in [5.74, 6) is 0.879. The Labute approximate surface area is 169 Å². The van der Waals surface area contributed by atoms with E-state index < -0.39 is 0 Å². The molecule has 1 N–H and O–H groups in total. The Kier molecular flexibility index (Phi) is 6.47. The van der Waals surface area contributed by atoms with Crippen molar-refractivity contribution in [2.24, 2.45) is 15.2 Å². The average molecular weight is 387 g/mol. The Hall–Kier alpha value is -3.80. The van der Waals surface area contributed by atoms with Gasteiger partial charge in [-0.3, -0.25) is 9.79 Å². The van der Waals surface area contributed by atoms with Gasteiger partial charge in [0.2, 0.25) is 0 Å². The number of rotatable bonds is 7. The van der Waals surface area contributed by atoms with Gasteiger partial charge in [-0.1, -0.05) is 0 Å². The number of phenols is 1. The van der Waals surface area contributed by atoms with Crippen molar-refractivity contribution < 1.29 is 14.6 Å². The molecule has 0 amide bonds. The maximum absolute atomic E-state index is 11.3. The average Bonchev–Trinajstić information content (AvgIpc) is 2.73. The number of aliphatic imine (C=N–C) groups is 1. The second-order valence-electron chi connectivity index (χ2n) is 6.23. The number of carbonyl (C=O) groups excluding carboxylic acids is 1. The van der Waals surface area contributed by atoms with Crippen LogP contribution in [0.15, 0.2) is 82.0 Å². The van der Waals surface area contributed by atoms with E-state index in [1.807, 2.05) is 31.2 Å². The van der Waals surface area contributed by atoms with Gasteiger partial charge in [0.1, 0.15) is 11.5 Å². The first-order valence-electron chi connectivity index (χ1n) is 9.18. The zero-order valence-electron chi connectivity index (χ0n) is 16.2. The molecule has 0 bridgehead atoms. The molecule has 0 radical (unpaired) electrons. The van der Waals surface area contributed by atoms with Crippen LogP contribution in [0.5, 0.6) is 11.5 Å². The van der Waals surface area contributed by atoms with E-state index in [4.69, 9.17) is 4.74 Å². The molecule has 0 aromatic heterocycles. The number of hydrogen-bond donors (Lipinski definition) is 1. The Morgan fingerprint density at radius 1 is 0.931 bits per heavy atom. The number of phenolic OH excluding ortho intramolecular Hbond substituents is 1. The lowest BCUT2D eigenvalue weighted by Gasteiger charge is -2.02. The highest BCUT2D eigenvalue weighted by atomic mass is 16.5. The second kappa shape index (κ2) is 9.41. The molecule has 146 valence electrons. The molecule has 0 fully saturated rings. The van der Waals surface area contributed by atoms with Crippen LogP contribution < -0.4 is 4.74 Å². The molecule has 0 saturated heterocycles. The molecule has 0 spiro atoms. The molecule has 3 aromatic rings. The van der Waals surface area contributed by atoms with Gasteiger partial charge in [-0.15, -0.1) is 0 Å². The van der Waals surface area contributed by atoms with Gasteiger partial charge in [0.15, 0.2) is 5.78 Å². The Bertz CT molecular complexity index is 1040. The van der Waals surface area contributed by atoms with E-state index >= 15 is 0 Å². The normalized spacial score (nSPS) is 11.2. The van der Waals surface area contributed by atoms with Crippen LogP contribution in [0.1, 0.15) is 29.8 Å². The highest BCUT2D eigenvalue weighted by molar-refractivity contribution is 5.94. The van der Waals surface area contributed by atoms with E-state index in [1.165, 1.54) is 6.92 Å². The molecular formula is C23H21N3O3. The lowest BCUT2D eigenvalue weighted by molar-refractivity contribution is 0.101. The maximum atomic E-state index is 11.3. The number of benzene rings is 3. The fourth-order valence-corrected chi connectivity index (χ4v) is 2.52. The highest BCUT2D eigenvalue weighted by Crippen LogP contribution is 2.25. The Morgan fingerprint density at radius 2 is 1.55 bits per heavy atom. The second-order valence-corrected chi connectivity index (χ2v) is 6.23. The summed E-state index contributed by atoms with van der Waals surface area (Å²) >= 11 is 0. The SMILES string of the molecule is CCOc1ccc(N=Nc2ccc(O)c(C=Nc3ccc(C(C)=O)cc3)c2)cc1. The number of ketones is 1. The van der Waals surface area contributed by atoms with E-state index in [9.17, 15) is 9.90 Å². The number of carbonyl (C=O) groups is 1. The van der Waals surface area contributed by atoms with Gasteiger partial charge in [0.25, 0.3) is 0 Å². The first-order valence-corrected chi connectivity index (χ1v) is 9.18. The number of hydrogen-bond acceptors (Lipinski definition) is 6. The van der Waals surface area contributed by atoms with Crippen LogP contribution in [0.3, 0.4) is 0 Å². The first-order chi connectivity index (χ1) is 14.0. The van der Waals surface area contributed by atoms with E-state index in [1.54, 1.807) is 48.7 Å². The molecule has 0 aliphatic heterocycles.